The smallest absolute Gasteiger partial charge is 0.207 e. The maximum atomic E-state index is 10.7. The first-order valence-electron chi connectivity index (χ1n) is 12.7. The van der Waals surface area contributed by atoms with Gasteiger partial charge < -0.3 is 35.8 Å². The summed E-state index contributed by atoms with van der Waals surface area (Å²) < 4.78 is 13.3. The van der Waals surface area contributed by atoms with Gasteiger partial charge in [-0.15, -0.1) is 0 Å². The SMILES string of the molecule is CCCCOc1ccccc1-c1ccc(CNc2nc3c(N)ncnc3n2[C@@H]2O[C@H](CO)[C@@H](O)[C@H]2O)cc1. The van der Waals surface area contributed by atoms with E-state index in [1.165, 1.54) is 10.9 Å². The number of anilines is 2. The Morgan fingerprint density at radius 2 is 1.87 bits per heavy atom. The maximum Gasteiger partial charge on any atom is 0.207 e. The van der Waals surface area contributed by atoms with Gasteiger partial charge in [-0.3, -0.25) is 4.57 Å². The molecule has 1 saturated heterocycles. The van der Waals surface area contributed by atoms with Gasteiger partial charge in [0.1, 0.15) is 30.4 Å². The number of aliphatic hydroxyl groups excluding tert-OH is 3. The first-order valence-corrected chi connectivity index (χ1v) is 12.7. The summed E-state index contributed by atoms with van der Waals surface area (Å²) in [5.74, 6) is 1.37. The lowest BCUT2D eigenvalue weighted by Gasteiger charge is -2.19. The molecule has 38 heavy (non-hydrogen) atoms. The molecule has 4 aromatic rings. The van der Waals surface area contributed by atoms with Crippen molar-refractivity contribution in [2.75, 3.05) is 24.3 Å². The van der Waals surface area contributed by atoms with Crippen molar-refractivity contribution < 1.29 is 24.8 Å². The van der Waals surface area contributed by atoms with Crippen LogP contribution in [0.5, 0.6) is 5.75 Å². The van der Waals surface area contributed by atoms with Crippen molar-refractivity contribution in [3.8, 4) is 16.9 Å². The van der Waals surface area contributed by atoms with E-state index in [0.717, 1.165) is 35.3 Å². The molecular weight excluding hydrogens is 488 g/mol. The zero-order valence-electron chi connectivity index (χ0n) is 21.1. The molecule has 0 bridgehead atoms. The van der Waals surface area contributed by atoms with Crippen LogP contribution in [-0.2, 0) is 11.3 Å². The van der Waals surface area contributed by atoms with Gasteiger partial charge in [-0.05, 0) is 23.6 Å². The fourth-order valence-corrected chi connectivity index (χ4v) is 4.53. The minimum absolute atomic E-state index is 0.174. The van der Waals surface area contributed by atoms with E-state index in [0.29, 0.717) is 30.3 Å². The van der Waals surface area contributed by atoms with Crippen LogP contribution in [0.15, 0.2) is 54.9 Å². The summed E-state index contributed by atoms with van der Waals surface area (Å²) in [6, 6.07) is 16.1. The molecule has 0 radical (unpaired) electrons. The van der Waals surface area contributed by atoms with Gasteiger partial charge in [-0.25, -0.2) is 15.0 Å². The van der Waals surface area contributed by atoms with Crippen LogP contribution < -0.4 is 15.8 Å². The number of rotatable bonds is 10. The molecule has 11 heteroatoms. The predicted molar refractivity (Wildman–Crippen MR) is 142 cm³/mol. The van der Waals surface area contributed by atoms with Crippen molar-refractivity contribution in [2.24, 2.45) is 0 Å². The number of hydrogen-bond acceptors (Lipinski definition) is 10. The normalized spacial score (nSPS) is 21.2. The third kappa shape index (κ3) is 5.01. The molecule has 0 aliphatic carbocycles. The molecule has 2 aromatic carbocycles. The first kappa shape index (κ1) is 25.9. The van der Waals surface area contributed by atoms with Crippen molar-refractivity contribution in [1.29, 1.82) is 0 Å². The van der Waals surface area contributed by atoms with Crippen LogP contribution in [0, 0.1) is 0 Å². The van der Waals surface area contributed by atoms with Crippen LogP contribution >= 0.6 is 0 Å². The summed E-state index contributed by atoms with van der Waals surface area (Å²) in [5.41, 5.74) is 9.76. The molecule has 0 spiro atoms. The molecule has 0 saturated carbocycles. The van der Waals surface area contributed by atoms with Gasteiger partial charge >= 0.3 is 0 Å². The molecule has 5 rings (SSSR count). The summed E-state index contributed by atoms with van der Waals surface area (Å²) in [6.07, 6.45) is -1.18. The second kappa shape index (κ2) is 11.3. The van der Waals surface area contributed by atoms with E-state index < -0.39 is 31.1 Å². The highest BCUT2D eigenvalue weighted by atomic mass is 16.6. The number of unbranched alkanes of at least 4 members (excludes halogenated alkanes) is 1. The number of ether oxygens (including phenoxy) is 2. The molecule has 0 unspecified atom stereocenters. The van der Waals surface area contributed by atoms with Crippen LogP contribution in [0.1, 0.15) is 31.6 Å². The highest BCUT2D eigenvalue weighted by molar-refractivity contribution is 5.84. The molecule has 1 fully saturated rings. The Hall–Kier alpha value is -3.77. The van der Waals surface area contributed by atoms with E-state index >= 15 is 0 Å². The summed E-state index contributed by atoms with van der Waals surface area (Å²) in [7, 11) is 0. The number of para-hydroxylation sites is 1. The number of fused-ring (bicyclic) bond motifs is 1. The van der Waals surface area contributed by atoms with Crippen LogP contribution in [-0.4, -0.2) is 66.4 Å². The zero-order valence-corrected chi connectivity index (χ0v) is 21.1. The molecule has 0 amide bonds. The quantitative estimate of drug-likeness (QED) is 0.196. The van der Waals surface area contributed by atoms with Gasteiger partial charge in [-0.2, -0.15) is 0 Å². The summed E-state index contributed by atoms with van der Waals surface area (Å²) in [4.78, 5) is 12.8. The lowest BCUT2D eigenvalue weighted by atomic mass is 10.0. The van der Waals surface area contributed by atoms with Gasteiger partial charge in [0.05, 0.1) is 13.2 Å². The molecule has 200 valence electrons. The summed E-state index contributed by atoms with van der Waals surface area (Å²) in [5, 5.41) is 33.7. The van der Waals surface area contributed by atoms with Crippen molar-refractivity contribution >= 4 is 22.9 Å². The number of nitrogen functional groups attached to an aromatic ring is 1. The van der Waals surface area contributed by atoms with Crippen molar-refractivity contribution in [2.45, 2.75) is 50.8 Å². The van der Waals surface area contributed by atoms with E-state index in [9.17, 15) is 15.3 Å². The number of benzene rings is 2. The summed E-state index contributed by atoms with van der Waals surface area (Å²) >= 11 is 0. The average molecular weight is 521 g/mol. The number of imidazole rings is 1. The fourth-order valence-electron chi connectivity index (χ4n) is 4.53. The minimum atomic E-state index is -1.31. The van der Waals surface area contributed by atoms with Gasteiger partial charge in [0.2, 0.25) is 5.95 Å². The Labute approximate surface area is 219 Å². The predicted octanol–water partition coefficient (Wildman–Crippen LogP) is 2.48. The highest BCUT2D eigenvalue weighted by Crippen LogP contribution is 2.35. The summed E-state index contributed by atoms with van der Waals surface area (Å²) in [6.45, 7) is 2.78. The Morgan fingerprint density at radius 1 is 1.08 bits per heavy atom. The van der Waals surface area contributed by atoms with Crippen molar-refractivity contribution in [3.63, 3.8) is 0 Å². The largest absolute Gasteiger partial charge is 0.493 e. The van der Waals surface area contributed by atoms with Crippen LogP contribution in [0.25, 0.3) is 22.3 Å². The molecule has 4 atom stereocenters. The third-order valence-electron chi connectivity index (χ3n) is 6.64. The highest BCUT2D eigenvalue weighted by Gasteiger charge is 2.45. The number of hydrogen-bond donors (Lipinski definition) is 5. The molecule has 2 aromatic heterocycles. The molecule has 3 heterocycles. The van der Waals surface area contributed by atoms with Gasteiger partial charge in [-0.1, -0.05) is 55.8 Å². The molecular formula is C27H32N6O5. The lowest BCUT2D eigenvalue weighted by molar-refractivity contribution is -0.0501. The van der Waals surface area contributed by atoms with E-state index in [2.05, 4.69) is 27.2 Å². The molecule has 1 aliphatic rings. The van der Waals surface area contributed by atoms with E-state index in [1.54, 1.807) is 0 Å². The minimum Gasteiger partial charge on any atom is -0.493 e. The monoisotopic (exact) mass is 520 g/mol. The number of nitrogens with zero attached hydrogens (tertiary/aromatic N) is 4. The number of nitrogens with one attached hydrogen (secondary N) is 1. The first-order chi connectivity index (χ1) is 18.5. The second-order valence-corrected chi connectivity index (χ2v) is 9.21. The Morgan fingerprint density at radius 3 is 2.61 bits per heavy atom. The molecule has 11 nitrogen and oxygen atoms in total. The maximum absolute atomic E-state index is 10.7. The Bertz CT molecular complexity index is 1380. The fraction of sp³-hybridized carbons (Fsp3) is 0.370. The zero-order chi connectivity index (χ0) is 26.6. The topological polar surface area (TPSA) is 161 Å². The lowest BCUT2D eigenvalue weighted by Crippen LogP contribution is -2.33. The average Bonchev–Trinajstić information content (AvgIpc) is 3.45. The second-order valence-electron chi connectivity index (χ2n) is 9.21. The standard InChI is InChI=1S/C27H32N6O5/c1-2-3-12-37-19-7-5-4-6-18(19)17-10-8-16(9-11-17)13-29-27-32-21-24(28)30-15-31-25(21)33(27)26-23(36)22(35)20(14-34)38-26/h4-11,15,20,22-23,26,34-36H,2-3,12-14H2,1H3,(H,29,32)(H2,28,30,31)/t20-,22-,23-,26-/m1/s1. The van der Waals surface area contributed by atoms with Crippen molar-refractivity contribution in [1.82, 2.24) is 19.5 Å². The molecule has 6 N–H and O–H groups in total. The van der Waals surface area contributed by atoms with Crippen LogP contribution in [0.2, 0.25) is 0 Å². The van der Waals surface area contributed by atoms with Gasteiger partial charge in [0, 0.05) is 12.1 Å². The third-order valence-corrected chi connectivity index (χ3v) is 6.64. The van der Waals surface area contributed by atoms with E-state index in [-0.39, 0.29) is 5.82 Å². The number of aliphatic hydroxyl groups is 3. The van der Waals surface area contributed by atoms with E-state index in [4.69, 9.17) is 15.2 Å². The molecule has 1 aliphatic heterocycles. The number of aromatic nitrogens is 4. The van der Waals surface area contributed by atoms with E-state index in [1.807, 2.05) is 48.5 Å². The number of nitrogens with two attached hydrogens (primary N) is 1. The Kier molecular flexibility index (Phi) is 7.70. The van der Waals surface area contributed by atoms with Gasteiger partial charge in [0.25, 0.3) is 0 Å². The van der Waals surface area contributed by atoms with Crippen LogP contribution in [0.3, 0.4) is 0 Å². The van der Waals surface area contributed by atoms with Crippen LogP contribution in [0.4, 0.5) is 11.8 Å². The van der Waals surface area contributed by atoms with Gasteiger partial charge in [0.15, 0.2) is 23.2 Å². The Balaban J connectivity index is 1.38. The van der Waals surface area contributed by atoms with Crippen molar-refractivity contribution in [3.05, 3.63) is 60.4 Å².